The molecular formula is C22H29ClN2O3S. The summed E-state index contributed by atoms with van der Waals surface area (Å²) in [5, 5.41) is 0.683. The molecule has 0 spiro atoms. The minimum absolute atomic E-state index is 0.233. The number of para-hydroxylation sites is 1. The van der Waals surface area contributed by atoms with Gasteiger partial charge in [0.1, 0.15) is 10.6 Å². The number of ether oxygens (including phenoxy) is 1. The van der Waals surface area contributed by atoms with Gasteiger partial charge in [0, 0.05) is 26.2 Å². The van der Waals surface area contributed by atoms with Crippen molar-refractivity contribution in [3.63, 3.8) is 0 Å². The van der Waals surface area contributed by atoms with Gasteiger partial charge in [-0.25, -0.2) is 8.42 Å². The van der Waals surface area contributed by atoms with Crippen LogP contribution >= 0.6 is 11.6 Å². The van der Waals surface area contributed by atoms with E-state index in [1.54, 1.807) is 10.4 Å². The lowest BCUT2D eigenvalue weighted by Crippen LogP contribution is -2.48. The second-order valence-corrected chi connectivity index (χ2v) is 9.90. The van der Waals surface area contributed by atoms with Crippen LogP contribution in [0.3, 0.4) is 0 Å². The maximum Gasteiger partial charge on any atom is 0.246 e. The quantitative estimate of drug-likeness (QED) is 0.659. The molecule has 158 valence electrons. The van der Waals surface area contributed by atoms with Gasteiger partial charge in [0.15, 0.2) is 0 Å². The van der Waals surface area contributed by atoms with Gasteiger partial charge < -0.3 is 9.64 Å². The number of rotatable bonds is 6. The van der Waals surface area contributed by atoms with Crippen molar-refractivity contribution >= 4 is 27.3 Å². The van der Waals surface area contributed by atoms with Crippen molar-refractivity contribution in [1.29, 1.82) is 0 Å². The van der Waals surface area contributed by atoms with Gasteiger partial charge in [-0.3, -0.25) is 0 Å². The molecule has 29 heavy (non-hydrogen) atoms. The lowest BCUT2D eigenvalue weighted by atomic mass is 9.98. The highest BCUT2D eigenvalue weighted by molar-refractivity contribution is 7.89. The van der Waals surface area contributed by atoms with Crippen LogP contribution in [0.25, 0.3) is 0 Å². The molecule has 7 heteroatoms. The van der Waals surface area contributed by atoms with Gasteiger partial charge in [-0.1, -0.05) is 37.6 Å². The summed E-state index contributed by atoms with van der Waals surface area (Å²) in [5.74, 6) is 0.666. The summed E-state index contributed by atoms with van der Waals surface area (Å²) in [6, 6.07) is 11.3. The smallest absolute Gasteiger partial charge is 0.246 e. The molecule has 1 aliphatic heterocycles. The first-order valence-corrected chi connectivity index (χ1v) is 11.8. The Morgan fingerprint density at radius 3 is 2.34 bits per heavy atom. The van der Waals surface area contributed by atoms with Gasteiger partial charge in [0.25, 0.3) is 0 Å². The zero-order chi connectivity index (χ0) is 21.2. The SMILES string of the molecule is CCOc1cc(C)c(C(C)C)cc1S(=O)(=O)N1CCN(c2ccccc2Cl)CC1. The monoisotopic (exact) mass is 436 g/mol. The summed E-state index contributed by atoms with van der Waals surface area (Å²) in [5.41, 5.74) is 3.02. The fourth-order valence-corrected chi connectivity index (χ4v) is 5.61. The molecule has 5 nitrogen and oxygen atoms in total. The van der Waals surface area contributed by atoms with Gasteiger partial charge in [0.2, 0.25) is 10.0 Å². The Kier molecular flexibility index (Phi) is 6.76. The Hall–Kier alpha value is -1.76. The second kappa shape index (κ2) is 8.94. The van der Waals surface area contributed by atoms with Crippen LogP contribution in [-0.4, -0.2) is 45.5 Å². The topological polar surface area (TPSA) is 49.9 Å². The van der Waals surface area contributed by atoms with E-state index in [1.165, 1.54) is 0 Å². The number of halogens is 1. The number of hydrogen-bond donors (Lipinski definition) is 0. The molecule has 1 saturated heterocycles. The minimum atomic E-state index is -3.65. The van der Waals surface area contributed by atoms with Crippen LogP contribution in [-0.2, 0) is 10.0 Å². The van der Waals surface area contributed by atoms with Crippen molar-refractivity contribution in [3.8, 4) is 5.75 Å². The Balaban J connectivity index is 1.88. The Bertz CT molecular complexity index is 968. The van der Waals surface area contributed by atoms with Gasteiger partial charge in [0.05, 0.1) is 17.3 Å². The van der Waals surface area contributed by atoms with E-state index in [0.717, 1.165) is 16.8 Å². The lowest BCUT2D eigenvalue weighted by Gasteiger charge is -2.36. The average Bonchev–Trinajstić information content (AvgIpc) is 2.68. The number of nitrogens with zero attached hydrogens (tertiary/aromatic N) is 2. The summed E-state index contributed by atoms with van der Waals surface area (Å²) in [6.45, 7) is 10.4. The molecule has 1 aliphatic rings. The summed E-state index contributed by atoms with van der Waals surface area (Å²) < 4.78 is 34.2. The van der Waals surface area contributed by atoms with E-state index in [1.807, 2.05) is 44.2 Å². The van der Waals surface area contributed by atoms with Crippen molar-refractivity contribution < 1.29 is 13.2 Å². The van der Waals surface area contributed by atoms with Gasteiger partial charge in [-0.15, -0.1) is 0 Å². The number of anilines is 1. The van der Waals surface area contributed by atoms with E-state index < -0.39 is 10.0 Å². The fourth-order valence-electron chi connectivity index (χ4n) is 3.79. The number of hydrogen-bond acceptors (Lipinski definition) is 4. The highest BCUT2D eigenvalue weighted by Gasteiger charge is 2.32. The first-order chi connectivity index (χ1) is 13.8. The molecule has 0 atom stereocenters. The maximum absolute atomic E-state index is 13.5. The van der Waals surface area contributed by atoms with Crippen LogP contribution in [0.4, 0.5) is 5.69 Å². The zero-order valence-corrected chi connectivity index (χ0v) is 19.1. The molecule has 1 fully saturated rings. The third-order valence-electron chi connectivity index (χ3n) is 5.30. The Morgan fingerprint density at radius 2 is 1.76 bits per heavy atom. The van der Waals surface area contributed by atoms with E-state index in [9.17, 15) is 8.42 Å². The predicted molar refractivity (Wildman–Crippen MR) is 119 cm³/mol. The van der Waals surface area contributed by atoms with Crippen LogP contribution in [0.2, 0.25) is 5.02 Å². The third kappa shape index (κ3) is 4.55. The third-order valence-corrected chi connectivity index (χ3v) is 7.54. The standard InChI is InChI=1S/C22H29ClN2O3S/c1-5-28-21-14-17(4)18(16(2)3)15-22(21)29(26,27)25-12-10-24(11-13-25)20-9-7-6-8-19(20)23/h6-9,14-16H,5,10-13H2,1-4H3. The molecular weight excluding hydrogens is 408 g/mol. The summed E-state index contributed by atoms with van der Waals surface area (Å²) in [4.78, 5) is 2.40. The number of piperazine rings is 1. The Morgan fingerprint density at radius 1 is 1.10 bits per heavy atom. The second-order valence-electron chi connectivity index (χ2n) is 7.59. The normalized spacial score (nSPS) is 15.7. The molecule has 0 N–H and O–H groups in total. The zero-order valence-electron chi connectivity index (χ0n) is 17.5. The first kappa shape index (κ1) is 21.9. The van der Waals surface area contributed by atoms with Gasteiger partial charge in [-0.2, -0.15) is 4.31 Å². The van der Waals surface area contributed by atoms with Crippen LogP contribution in [0, 0.1) is 6.92 Å². The molecule has 0 aliphatic carbocycles. The van der Waals surface area contributed by atoms with E-state index in [-0.39, 0.29) is 10.8 Å². The summed E-state index contributed by atoms with van der Waals surface area (Å²) in [6.07, 6.45) is 0. The average molecular weight is 437 g/mol. The number of benzene rings is 2. The van der Waals surface area contributed by atoms with E-state index in [2.05, 4.69) is 18.7 Å². The first-order valence-electron chi connectivity index (χ1n) is 10.0. The molecule has 0 bridgehead atoms. The molecule has 3 rings (SSSR count). The van der Waals surface area contributed by atoms with Crippen LogP contribution in [0.5, 0.6) is 5.75 Å². The highest BCUT2D eigenvalue weighted by Crippen LogP contribution is 2.34. The highest BCUT2D eigenvalue weighted by atomic mass is 35.5. The van der Waals surface area contributed by atoms with E-state index in [0.29, 0.717) is 43.6 Å². The summed E-state index contributed by atoms with van der Waals surface area (Å²) in [7, 11) is -3.65. The van der Waals surface area contributed by atoms with Crippen molar-refractivity contribution in [2.24, 2.45) is 0 Å². The molecule has 0 radical (unpaired) electrons. The van der Waals surface area contributed by atoms with Crippen LogP contribution in [0.15, 0.2) is 41.3 Å². The number of aryl methyl sites for hydroxylation is 1. The predicted octanol–water partition coefficient (Wildman–Crippen LogP) is 4.68. The minimum Gasteiger partial charge on any atom is -0.492 e. The largest absolute Gasteiger partial charge is 0.492 e. The summed E-state index contributed by atoms with van der Waals surface area (Å²) >= 11 is 6.31. The number of sulfonamides is 1. The van der Waals surface area contributed by atoms with E-state index >= 15 is 0 Å². The van der Waals surface area contributed by atoms with Crippen molar-refractivity contribution in [2.45, 2.75) is 38.5 Å². The van der Waals surface area contributed by atoms with Gasteiger partial charge in [-0.05, 0) is 55.2 Å². The molecule has 0 aromatic heterocycles. The fraction of sp³-hybridized carbons (Fsp3) is 0.455. The molecule has 0 saturated carbocycles. The molecule has 2 aromatic rings. The van der Waals surface area contributed by atoms with Gasteiger partial charge >= 0.3 is 0 Å². The van der Waals surface area contributed by atoms with Crippen LogP contribution < -0.4 is 9.64 Å². The lowest BCUT2D eigenvalue weighted by molar-refractivity contribution is 0.327. The van der Waals surface area contributed by atoms with Crippen molar-refractivity contribution in [2.75, 3.05) is 37.7 Å². The molecule has 0 amide bonds. The molecule has 1 heterocycles. The molecule has 0 unspecified atom stereocenters. The van der Waals surface area contributed by atoms with Crippen LogP contribution in [0.1, 0.15) is 37.8 Å². The van der Waals surface area contributed by atoms with Crippen molar-refractivity contribution in [3.05, 3.63) is 52.5 Å². The maximum atomic E-state index is 13.5. The van der Waals surface area contributed by atoms with Crippen molar-refractivity contribution in [1.82, 2.24) is 4.31 Å². The Labute approximate surface area is 179 Å². The molecule has 2 aromatic carbocycles. The van der Waals surface area contributed by atoms with E-state index in [4.69, 9.17) is 16.3 Å².